The van der Waals surface area contributed by atoms with Crippen LogP contribution in [0.2, 0.25) is 0 Å². The number of imide groups is 1. The molecule has 33 heavy (non-hydrogen) atoms. The van der Waals surface area contributed by atoms with Crippen molar-refractivity contribution < 1.29 is 19.2 Å². The largest absolute Gasteiger partial charge is 0.339 e. The summed E-state index contributed by atoms with van der Waals surface area (Å²) in [5, 5.41) is 0. The van der Waals surface area contributed by atoms with Crippen LogP contribution in [0.4, 0.5) is 0 Å². The number of fused-ring (bicyclic) bond motifs is 1. The highest BCUT2D eigenvalue weighted by Gasteiger charge is 2.35. The molecule has 1 fully saturated rings. The van der Waals surface area contributed by atoms with E-state index in [9.17, 15) is 19.2 Å². The third kappa shape index (κ3) is 4.82. The van der Waals surface area contributed by atoms with Gasteiger partial charge in [-0.1, -0.05) is 38.1 Å². The quantitative estimate of drug-likeness (QED) is 0.637. The monoisotopic (exact) mass is 447 g/mol. The highest BCUT2D eigenvalue weighted by molar-refractivity contribution is 6.21. The first-order valence-electron chi connectivity index (χ1n) is 11.5. The Morgan fingerprint density at radius 2 is 1.36 bits per heavy atom. The van der Waals surface area contributed by atoms with Gasteiger partial charge in [-0.2, -0.15) is 0 Å². The van der Waals surface area contributed by atoms with Crippen molar-refractivity contribution in [2.45, 2.75) is 33.2 Å². The first-order chi connectivity index (χ1) is 15.8. The second-order valence-corrected chi connectivity index (χ2v) is 9.04. The molecule has 1 saturated heterocycles. The summed E-state index contributed by atoms with van der Waals surface area (Å²) in [6.45, 7) is 6.52. The number of hydrogen-bond donors (Lipinski definition) is 0. The summed E-state index contributed by atoms with van der Waals surface area (Å²) in [6, 6.07) is 13.8. The lowest BCUT2D eigenvalue weighted by atomic mass is 10.1. The predicted molar refractivity (Wildman–Crippen MR) is 124 cm³/mol. The molecule has 2 aliphatic heterocycles. The molecule has 7 heteroatoms. The number of piperazine rings is 1. The fraction of sp³-hybridized carbons (Fsp3) is 0.385. The number of nitrogens with zero attached hydrogens (tertiary/aromatic N) is 3. The molecule has 4 rings (SSSR count). The lowest BCUT2D eigenvalue weighted by molar-refractivity contribution is -0.132. The van der Waals surface area contributed by atoms with E-state index in [4.69, 9.17) is 0 Å². The molecule has 0 N–H and O–H groups in total. The fourth-order valence-electron chi connectivity index (χ4n) is 4.23. The molecule has 2 aromatic rings. The Hall–Kier alpha value is -3.48. The van der Waals surface area contributed by atoms with Gasteiger partial charge >= 0.3 is 0 Å². The highest BCUT2D eigenvalue weighted by atomic mass is 16.2. The van der Waals surface area contributed by atoms with E-state index in [0.29, 0.717) is 55.2 Å². The van der Waals surface area contributed by atoms with Crippen LogP contribution in [-0.4, -0.2) is 64.5 Å². The zero-order valence-corrected chi connectivity index (χ0v) is 19.1. The van der Waals surface area contributed by atoms with E-state index in [-0.39, 0.29) is 30.2 Å². The Balaban J connectivity index is 1.33. The number of carbonyl (C=O) groups excluding carboxylic acids is 4. The van der Waals surface area contributed by atoms with Crippen LogP contribution in [0, 0.1) is 5.92 Å². The van der Waals surface area contributed by atoms with Gasteiger partial charge in [-0.15, -0.1) is 0 Å². The third-order valence-electron chi connectivity index (χ3n) is 6.27. The first kappa shape index (κ1) is 22.7. The van der Waals surface area contributed by atoms with Crippen LogP contribution in [0.3, 0.4) is 0 Å². The highest BCUT2D eigenvalue weighted by Crippen LogP contribution is 2.24. The molecular weight excluding hydrogens is 418 g/mol. The van der Waals surface area contributed by atoms with Gasteiger partial charge < -0.3 is 9.80 Å². The minimum Gasteiger partial charge on any atom is -0.339 e. The van der Waals surface area contributed by atoms with E-state index in [1.807, 2.05) is 4.90 Å². The van der Waals surface area contributed by atoms with Crippen molar-refractivity contribution in [3.8, 4) is 0 Å². The third-order valence-corrected chi connectivity index (χ3v) is 6.27. The van der Waals surface area contributed by atoms with Gasteiger partial charge in [0.15, 0.2) is 0 Å². The number of amides is 4. The maximum absolute atomic E-state index is 12.9. The van der Waals surface area contributed by atoms with Crippen molar-refractivity contribution in [1.82, 2.24) is 14.7 Å². The van der Waals surface area contributed by atoms with Crippen LogP contribution in [0.5, 0.6) is 0 Å². The van der Waals surface area contributed by atoms with Crippen molar-refractivity contribution in [3.63, 3.8) is 0 Å². The number of benzene rings is 2. The topological polar surface area (TPSA) is 78.0 Å². The standard InChI is InChI=1S/C26H29N3O4/c1-18(2)7-12-23(30)27-13-15-28(16-14-27)24(31)20-10-8-19(9-11-20)17-29-25(32)21-5-3-4-6-22(21)26(29)33/h3-6,8-11,18H,7,12-17H2,1-2H3. The van der Waals surface area contributed by atoms with Gasteiger partial charge in [-0.25, -0.2) is 0 Å². The number of hydrogen-bond acceptors (Lipinski definition) is 4. The van der Waals surface area contributed by atoms with Gasteiger partial charge in [-0.3, -0.25) is 24.1 Å². The first-order valence-corrected chi connectivity index (χ1v) is 11.5. The maximum Gasteiger partial charge on any atom is 0.261 e. The zero-order valence-electron chi connectivity index (χ0n) is 19.1. The molecule has 0 saturated carbocycles. The van der Waals surface area contributed by atoms with Crippen LogP contribution in [0.15, 0.2) is 48.5 Å². The molecule has 0 unspecified atom stereocenters. The molecule has 0 radical (unpaired) electrons. The van der Waals surface area contributed by atoms with E-state index in [1.165, 1.54) is 4.90 Å². The molecule has 7 nitrogen and oxygen atoms in total. The average Bonchev–Trinajstić information content (AvgIpc) is 3.07. The second-order valence-electron chi connectivity index (χ2n) is 9.04. The van der Waals surface area contributed by atoms with E-state index < -0.39 is 0 Å². The summed E-state index contributed by atoms with van der Waals surface area (Å²) in [7, 11) is 0. The van der Waals surface area contributed by atoms with Crippen molar-refractivity contribution in [2.24, 2.45) is 5.92 Å². The molecule has 172 valence electrons. The molecule has 2 aromatic carbocycles. The average molecular weight is 448 g/mol. The predicted octanol–water partition coefficient (Wildman–Crippen LogP) is 3.20. The summed E-state index contributed by atoms with van der Waals surface area (Å²) in [4.78, 5) is 55.2. The normalized spacial score (nSPS) is 15.9. The van der Waals surface area contributed by atoms with E-state index in [1.54, 1.807) is 53.4 Å². The summed E-state index contributed by atoms with van der Waals surface area (Å²) in [6.07, 6.45) is 1.44. The van der Waals surface area contributed by atoms with Crippen molar-refractivity contribution >= 4 is 23.6 Å². The zero-order chi connectivity index (χ0) is 23.5. The van der Waals surface area contributed by atoms with Gasteiger partial charge in [0.25, 0.3) is 17.7 Å². The van der Waals surface area contributed by atoms with Crippen LogP contribution in [0.1, 0.15) is 63.3 Å². The Morgan fingerprint density at radius 3 is 1.91 bits per heavy atom. The minimum absolute atomic E-state index is 0.0726. The number of rotatable bonds is 6. The summed E-state index contributed by atoms with van der Waals surface area (Å²) < 4.78 is 0. The van der Waals surface area contributed by atoms with E-state index in [2.05, 4.69) is 13.8 Å². The smallest absolute Gasteiger partial charge is 0.261 e. The summed E-state index contributed by atoms with van der Waals surface area (Å²) >= 11 is 0. The Morgan fingerprint density at radius 1 is 0.818 bits per heavy atom. The molecule has 2 aliphatic rings. The summed E-state index contributed by atoms with van der Waals surface area (Å²) in [5.41, 5.74) is 2.19. The molecule has 0 atom stereocenters. The van der Waals surface area contributed by atoms with E-state index in [0.717, 1.165) is 12.0 Å². The van der Waals surface area contributed by atoms with Crippen molar-refractivity contribution in [3.05, 3.63) is 70.8 Å². The fourth-order valence-corrected chi connectivity index (χ4v) is 4.23. The number of carbonyl (C=O) groups is 4. The summed E-state index contributed by atoms with van der Waals surface area (Å²) in [5.74, 6) is -0.00480. The molecule has 0 spiro atoms. The molecule has 0 aromatic heterocycles. The Bertz CT molecular complexity index is 1030. The minimum atomic E-state index is -0.295. The van der Waals surface area contributed by atoms with Gasteiger partial charge in [0.1, 0.15) is 0 Å². The van der Waals surface area contributed by atoms with Gasteiger partial charge in [0.2, 0.25) is 5.91 Å². The van der Waals surface area contributed by atoms with Gasteiger partial charge in [0, 0.05) is 38.2 Å². The SMILES string of the molecule is CC(C)CCC(=O)N1CCN(C(=O)c2ccc(CN3C(=O)c4ccccc4C3=O)cc2)CC1. The Kier molecular flexibility index (Phi) is 6.58. The second kappa shape index (κ2) is 9.57. The molecule has 0 aliphatic carbocycles. The van der Waals surface area contributed by atoms with Crippen molar-refractivity contribution in [2.75, 3.05) is 26.2 Å². The van der Waals surface area contributed by atoms with Crippen LogP contribution in [-0.2, 0) is 11.3 Å². The lowest BCUT2D eigenvalue weighted by Gasteiger charge is -2.35. The van der Waals surface area contributed by atoms with Crippen LogP contribution in [0.25, 0.3) is 0 Å². The molecule has 4 amide bonds. The van der Waals surface area contributed by atoms with Crippen molar-refractivity contribution in [1.29, 1.82) is 0 Å². The maximum atomic E-state index is 12.9. The lowest BCUT2D eigenvalue weighted by Crippen LogP contribution is -2.50. The van der Waals surface area contributed by atoms with Crippen LogP contribution < -0.4 is 0 Å². The van der Waals surface area contributed by atoms with Crippen LogP contribution >= 0.6 is 0 Å². The molecule has 0 bridgehead atoms. The van der Waals surface area contributed by atoms with Gasteiger partial charge in [0.05, 0.1) is 17.7 Å². The van der Waals surface area contributed by atoms with Gasteiger partial charge in [-0.05, 0) is 42.2 Å². The van der Waals surface area contributed by atoms with E-state index >= 15 is 0 Å². The molecule has 2 heterocycles. The Labute approximate surface area is 194 Å². The molecular formula is C26H29N3O4.